The number of hydrogen-bond acceptors (Lipinski definition) is 6. The van der Waals surface area contributed by atoms with Crippen molar-refractivity contribution in [3.8, 4) is 0 Å². The summed E-state index contributed by atoms with van der Waals surface area (Å²) in [5.41, 5.74) is 0. The second-order valence-electron chi connectivity index (χ2n) is 5.08. The van der Waals surface area contributed by atoms with Gasteiger partial charge in [-0.05, 0) is 0 Å². The van der Waals surface area contributed by atoms with Crippen molar-refractivity contribution in [3.05, 3.63) is 12.7 Å². The van der Waals surface area contributed by atoms with Crippen LogP contribution in [0.5, 0.6) is 0 Å². The zero-order valence-corrected chi connectivity index (χ0v) is 10.4. The van der Waals surface area contributed by atoms with Gasteiger partial charge in [0.2, 0.25) is 0 Å². The minimum atomic E-state index is -0.611. The summed E-state index contributed by atoms with van der Waals surface area (Å²) in [4.78, 5) is 3.91. The van der Waals surface area contributed by atoms with Crippen LogP contribution in [-0.2, 0) is 9.47 Å². The first-order valence-electron chi connectivity index (χ1n) is 6.22. The van der Waals surface area contributed by atoms with E-state index in [1.165, 1.54) is 6.33 Å². The van der Waals surface area contributed by atoms with Crippen LogP contribution in [0.2, 0.25) is 0 Å². The lowest BCUT2D eigenvalue weighted by molar-refractivity contribution is -0.168. The summed E-state index contributed by atoms with van der Waals surface area (Å²) in [5.74, 6) is 0. The number of nitrogens with one attached hydrogen (secondary N) is 1. The van der Waals surface area contributed by atoms with E-state index in [9.17, 15) is 5.11 Å². The third-order valence-corrected chi connectivity index (χ3v) is 3.40. The van der Waals surface area contributed by atoms with Gasteiger partial charge >= 0.3 is 0 Å². The maximum absolute atomic E-state index is 10.5. The van der Waals surface area contributed by atoms with Crippen molar-refractivity contribution >= 4 is 0 Å². The van der Waals surface area contributed by atoms with E-state index in [-0.39, 0.29) is 24.2 Å². The van der Waals surface area contributed by atoms with Crippen LogP contribution in [0.1, 0.15) is 19.9 Å². The Kier molecular flexibility index (Phi) is 3.06. The lowest BCUT2D eigenvalue weighted by atomic mass is 9.95. The molecular weight excluding hydrogens is 236 g/mol. The van der Waals surface area contributed by atoms with Gasteiger partial charge in [0.15, 0.2) is 6.29 Å². The first-order chi connectivity index (χ1) is 8.66. The van der Waals surface area contributed by atoms with E-state index in [1.807, 2.05) is 13.8 Å². The molecule has 0 radical (unpaired) electrons. The average molecular weight is 254 g/mol. The first-order valence-corrected chi connectivity index (χ1v) is 6.22. The Labute approximate surface area is 105 Å². The van der Waals surface area contributed by atoms with E-state index in [1.54, 1.807) is 11.0 Å². The van der Waals surface area contributed by atoms with Crippen LogP contribution in [-0.4, -0.2) is 57.1 Å². The average Bonchev–Trinajstić information content (AvgIpc) is 2.95. The van der Waals surface area contributed by atoms with Crippen LogP contribution in [0.3, 0.4) is 0 Å². The van der Waals surface area contributed by atoms with Gasteiger partial charge in [-0.3, -0.25) is 0 Å². The lowest BCUT2D eigenvalue weighted by Gasteiger charge is -2.39. The normalized spacial score (nSPS) is 39.4. The Morgan fingerprint density at radius 3 is 3.00 bits per heavy atom. The molecule has 2 aliphatic rings. The molecule has 0 spiro atoms. The summed E-state index contributed by atoms with van der Waals surface area (Å²) < 4.78 is 13.0. The highest BCUT2D eigenvalue weighted by Gasteiger charge is 2.51. The highest BCUT2D eigenvalue weighted by atomic mass is 16.7. The van der Waals surface area contributed by atoms with Gasteiger partial charge in [0, 0.05) is 6.04 Å². The van der Waals surface area contributed by atoms with Crippen LogP contribution >= 0.6 is 0 Å². The zero-order valence-electron chi connectivity index (χ0n) is 10.4. The molecule has 0 saturated carbocycles. The number of aliphatic hydroxyl groups is 1. The molecular formula is C11H18N4O3. The van der Waals surface area contributed by atoms with Crippen molar-refractivity contribution in [2.75, 3.05) is 6.61 Å². The Morgan fingerprint density at radius 1 is 1.50 bits per heavy atom. The molecule has 2 saturated heterocycles. The molecule has 0 aliphatic carbocycles. The molecule has 3 heterocycles. The third-order valence-electron chi connectivity index (χ3n) is 3.40. The molecule has 7 heteroatoms. The summed E-state index contributed by atoms with van der Waals surface area (Å²) in [6.07, 6.45) is 1.86. The van der Waals surface area contributed by atoms with Gasteiger partial charge in [-0.15, -0.1) is 0 Å². The van der Waals surface area contributed by atoms with E-state index < -0.39 is 12.4 Å². The predicted octanol–water partition coefficient (Wildman–Crippen LogP) is -0.698. The summed E-state index contributed by atoms with van der Waals surface area (Å²) in [6, 6.07) is -0.248. The van der Waals surface area contributed by atoms with Crippen LogP contribution in [0, 0.1) is 0 Å². The Balaban J connectivity index is 1.86. The first kappa shape index (κ1) is 12.0. The van der Waals surface area contributed by atoms with Crippen molar-refractivity contribution < 1.29 is 14.6 Å². The predicted molar refractivity (Wildman–Crippen MR) is 61.7 cm³/mol. The molecule has 2 N–H and O–H groups in total. The van der Waals surface area contributed by atoms with Gasteiger partial charge < -0.3 is 19.9 Å². The zero-order chi connectivity index (χ0) is 12.7. The maximum Gasteiger partial charge on any atom is 0.183 e. The molecule has 100 valence electrons. The lowest BCUT2D eigenvalue weighted by Crippen LogP contribution is -2.59. The highest BCUT2D eigenvalue weighted by molar-refractivity contribution is 4.99. The van der Waals surface area contributed by atoms with Gasteiger partial charge in [-0.1, -0.05) is 13.8 Å². The molecule has 5 unspecified atom stereocenters. The molecule has 0 amide bonds. The highest BCUT2D eigenvalue weighted by Crippen LogP contribution is 2.35. The van der Waals surface area contributed by atoms with E-state index in [0.717, 1.165) is 0 Å². The van der Waals surface area contributed by atoms with Gasteiger partial charge in [-0.2, -0.15) is 5.10 Å². The van der Waals surface area contributed by atoms with Crippen molar-refractivity contribution in [1.82, 2.24) is 20.1 Å². The number of fused-ring (bicyclic) bond motifs is 2. The monoisotopic (exact) mass is 254 g/mol. The summed E-state index contributed by atoms with van der Waals surface area (Å²) >= 11 is 0. The largest absolute Gasteiger partial charge is 0.389 e. The number of aliphatic hydroxyl groups excluding tert-OH is 1. The summed E-state index contributed by atoms with van der Waals surface area (Å²) in [6.45, 7) is 4.58. The summed E-state index contributed by atoms with van der Waals surface area (Å²) in [7, 11) is 0. The van der Waals surface area contributed by atoms with Crippen LogP contribution in [0.15, 0.2) is 12.7 Å². The fraction of sp³-hybridized carbons (Fsp3) is 0.818. The maximum atomic E-state index is 10.5. The van der Waals surface area contributed by atoms with Gasteiger partial charge in [-0.25, -0.2) is 9.67 Å². The van der Waals surface area contributed by atoms with Crippen molar-refractivity contribution in [2.24, 2.45) is 0 Å². The molecule has 0 aromatic carbocycles. The van der Waals surface area contributed by atoms with Gasteiger partial charge in [0.1, 0.15) is 24.8 Å². The number of nitrogens with zero attached hydrogens (tertiary/aromatic N) is 3. The van der Waals surface area contributed by atoms with E-state index in [0.29, 0.717) is 6.61 Å². The Hall–Kier alpha value is -1.02. The minimum absolute atomic E-state index is 0.104. The topological polar surface area (TPSA) is 81.4 Å². The third kappa shape index (κ3) is 1.93. The molecule has 3 rings (SSSR count). The second-order valence-corrected chi connectivity index (χ2v) is 5.08. The van der Waals surface area contributed by atoms with E-state index in [4.69, 9.17) is 9.47 Å². The SMILES string of the molecule is CC(C)NC1C2COC(O2)C(n2cncn2)C1O. The van der Waals surface area contributed by atoms with Gasteiger partial charge in [0.25, 0.3) is 0 Å². The molecule has 2 bridgehead atoms. The van der Waals surface area contributed by atoms with Crippen LogP contribution in [0.25, 0.3) is 0 Å². The summed E-state index contributed by atoms with van der Waals surface area (Å²) in [5, 5.41) is 17.9. The second kappa shape index (κ2) is 4.58. The smallest absolute Gasteiger partial charge is 0.183 e. The fourth-order valence-corrected chi connectivity index (χ4v) is 2.64. The molecule has 1 aromatic heterocycles. The quantitative estimate of drug-likeness (QED) is 0.742. The fourth-order valence-electron chi connectivity index (χ4n) is 2.64. The standard InChI is InChI=1S/C11H18N4O3/c1-6(2)14-8-7-3-17-11(18-7)9(10(8)16)15-5-12-4-13-15/h4-11,14,16H,3H2,1-2H3. The number of hydrogen-bond donors (Lipinski definition) is 2. The van der Waals surface area contributed by atoms with Crippen LogP contribution < -0.4 is 5.32 Å². The molecule has 18 heavy (non-hydrogen) atoms. The number of ether oxygens (including phenoxy) is 2. The molecule has 1 aromatic rings. The molecule has 2 aliphatic heterocycles. The minimum Gasteiger partial charge on any atom is -0.389 e. The van der Waals surface area contributed by atoms with Gasteiger partial charge in [0.05, 0.1) is 18.8 Å². The van der Waals surface area contributed by atoms with E-state index in [2.05, 4.69) is 15.4 Å². The molecule has 2 fully saturated rings. The molecule has 5 atom stereocenters. The van der Waals surface area contributed by atoms with Crippen molar-refractivity contribution in [2.45, 2.75) is 50.5 Å². The number of aromatic nitrogens is 3. The Morgan fingerprint density at radius 2 is 2.33 bits per heavy atom. The number of rotatable bonds is 3. The van der Waals surface area contributed by atoms with Crippen molar-refractivity contribution in [1.29, 1.82) is 0 Å². The van der Waals surface area contributed by atoms with Crippen LogP contribution in [0.4, 0.5) is 0 Å². The van der Waals surface area contributed by atoms with Crippen molar-refractivity contribution in [3.63, 3.8) is 0 Å². The molecule has 7 nitrogen and oxygen atoms in total. The van der Waals surface area contributed by atoms with E-state index >= 15 is 0 Å². The Bertz CT molecular complexity index is 397.